The maximum Gasteiger partial charge on any atom is 0.270 e. The molecule has 11 heteroatoms. The number of guanidine groups is 1. The van der Waals surface area contributed by atoms with E-state index in [9.17, 15) is 9.18 Å². The van der Waals surface area contributed by atoms with Crippen LogP contribution in [0.25, 0.3) is 0 Å². The van der Waals surface area contributed by atoms with Crippen molar-refractivity contribution in [3.05, 3.63) is 65.1 Å². The highest BCUT2D eigenvalue weighted by molar-refractivity contribution is 6.38. The summed E-state index contributed by atoms with van der Waals surface area (Å²) in [5.41, 5.74) is 2.26. The number of anilines is 5. The molecule has 4 heterocycles. The number of benzene rings is 2. The molecule has 0 saturated carbocycles. The van der Waals surface area contributed by atoms with Crippen molar-refractivity contribution in [3.63, 3.8) is 0 Å². The summed E-state index contributed by atoms with van der Waals surface area (Å²) < 4.78 is 14.7. The summed E-state index contributed by atoms with van der Waals surface area (Å²) in [5.74, 6) is 0.0280. The molecule has 3 aliphatic rings. The predicted octanol–water partition coefficient (Wildman–Crippen LogP) is 3.99. The number of para-hydroxylation sites is 1. The average molecular weight is 521 g/mol. The normalized spacial score (nSPS) is 17.9. The molecule has 6 rings (SSSR count). The van der Waals surface area contributed by atoms with Gasteiger partial charge in [-0.05, 0) is 56.4 Å². The van der Waals surface area contributed by atoms with E-state index in [2.05, 4.69) is 49.3 Å². The molecule has 1 N–H and O–H groups in total. The number of aliphatic imine (C=N–C) groups is 1. The Bertz CT molecular complexity index is 1360. The smallest absolute Gasteiger partial charge is 0.270 e. The monoisotopic (exact) mass is 520 g/mol. The number of likely N-dealkylation sites (N-methyl/N-ethyl adjacent to an activating group) is 1. The first kappa shape index (κ1) is 23.6. The molecule has 1 aromatic heterocycles. The molecule has 0 aliphatic carbocycles. The third-order valence-electron chi connectivity index (χ3n) is 6.85. The lowest BCUT2D eigenvalue weighted by Gasteiger charge is -2.35. The molecule has 1 amide bonds. The zero-order valence-electron chi connectivity index (χ0n) is 20.4. The Morgan fingerprint density at radius 2 is 1.86 bits per heavy atom. The predicted molar refractivity (Wildman–Crippen MR) is 144 cm³/mol. The lowest BCUT2D eigenvalue weighted by Crippen LogP contribution is -2.51. The lowest BCUT2D eigenvalue weighted by atomic mass is 10.1. The second kappa shape index (κ2) is 9.60. The number of nitrogens with one attached hydrogen (secondary N) is 1. The molecule has 9 nitrogen and oxygen atoms in total. The molecule has 3 aliphatic heterocycles. The molecule has 0 radical (unpaired) electrons. The minimum atomic E-state index is -0.603. The molecular weight excluding hydrogens is 495 g/mol. The van der Waals surface area contributed by atoms with Gasteiger partial charge in [0.05, 0.1) is 11.6 Å². The van der Waals surface area contributed by atoms with Crippen LogP contribution in [0.5, 0.6) is 0 Å². The van der Waals surface area contributed by atoms with Crippen molar-refractivity contribution in [1.29, 1.82) is 0 Å². The Labute approximate surface area is 219 Å². The molecule has 3 aromatic rings. The molecule has 0 atom stereocenters. The van der Waals surface area contributed by atoms with Gasteiger partial charge in [-0.15, -0.1) is 0 Å². The van der Waals surface area contributed by atoms with E-state index in [1.54, 1.807) is 11.0 Å². The van der Waals surface area contributed by atoms with Crippen LogP contribution in [0.2, 0.25) is 5.02 Å². The zero-order chi connectivity index (χ0) is 25.5. The van der Waals surface area contributed by atoms with Gasteiger partial charge < -0.3 is 15.1 Å². The molecule has 0 unspecified atom stereocenters. The van der Waals surface area contributed by atoms with E-state index >= 15 is 0 Å². The number of halogens is 2. The molecule has 190 valence electrons. The average Bonchev–Trinajstić information content (AvgIpc) is 3.28. The van der Waals surface area contributed by atoms with Crippen molar-refractivity contribution >= 4 is 52.3 Å². The van der Waals surface area contributed by atoms with Gasteiger partial charge in [-0.2, -0.15) is 4.98 Å². The number of fused-ring (bicyclic) bond motifs is 3. The minimum Gasteiger partial charge on any atom is -0.370 e. The van der Waals surface area contributed by atoms with Gasteiger partial charge in [-0.25, -0.2) is 14.3 Å². The number of rotatable bonds is 4. The van der Waals surface area contributed by atoms with Crippen molar-refractivity contribution in [3.8, 4) is 0 Å². The van der Waals surface area contributed by atoms with Crippen molar-refractivity contribution in [2.75, 3.05) is 66.3 Å². The fourth-order valence-corrected chi connectivity index (χ4v) is 5.17. The Morgan fingerprint density at radius 3 is 2.68 bits per heavy atom. The summed E-state index contributed by atoms with van der Waals surface area (Å²) in [5, 5.41) is 3.36. The van der Waals surface area contributed by atoms with Crippen LogP contribution in [0.4, 0.5) is 33.2 Å². The standard InChI is InChI=1S/C26H26ClFN8O/c1-33-11-3-12-34(15-14-33)18-8-6-17(7-9-18)31-25-30-16-19-23(32-25)35-13-10-29-26(35)36(24(19)37)22-20(27)4-2-5-21(22)28/h2,4-9,16H,3,10-15H2,1H3,(H,30,31,32). The summed E-state index contributed by atoms with van der Waals surface area (Å²) in [6, 6.07) is 12.5. The number of aromatic nitrogens is 2. The van der Waals surface area contributed by atoms with Crippen LogP contribution in [0.15, 0.2) is 53.7 Å². The van der Waals surface area contributed by atoms with Crippen LogP contribution in [-0.4, -0.2) is 73.1 Å². The highest BCUT2D eigenvalue weighted by Crippen LogP contribution is 2.37. The SMILES string of the molecule is CN1CCCN(c2ccc(Nc3ncc4c(n3)N3CCN=C3N(c3c(F)cccc3Cl)C4=O)cc2)CC1. The Morgan fingerprint density at radius 1 is 1.03 bits per heavy atom. The first-order valence-electron chi connectivity index (χ1n) is 12.3. The lowest BCUT2D eigenvalue weighted by molar-refractivity contribution is 0.0999. The number of carbonyl (C=O) groups excluding carboxylic acids is 1. The molecule has 37 heavy (non-hydrogen) atoms. The molecule has 1 fully saturated rings. The highest BCUT2D eigenvalue weighted by Gasteiger charge is 2.41. The fourth-order valence-electron chi connectivity index (χ4n) is 4.92. The Hall–Kier alpha value is -3.76. The van der Waals surface area contributed by atoms with E-state index in [-0.39, 0.29) is 16.3 Å². The van der Waals surface area contributed by atoms with Gasteiger partial charge in [0.2, 0.25) is 11.9 Å². The van der Waals surface area contributed by atoms with Crippen LogP contribution in [0.3, 0.4) is 0 Å². The van der Waals surface area contributed by atoms with Crippen LogP contribution in [-0.2, 0) is 0 Å². The molecule has 0 bridgehead atoms. The third kappa shape index (κ3) is 4.36. The van der Waals surface area contributed by atoms with Gasteiger partial charge in [0.25, 0.3) is 5.91 Å². The number of hydrogen-bond acceptors (Lipinski definition) is 8. The Balaban J connectivity index is 1.26. The number of amides is 1. The Kier molecular flexibility index (Phi) is 6.13. The van der Waals surface area contributed by atoms with E-state index < -0.39 is 11.7 Å². The van der Waals surface area contributed by atoms with Crippen LogP contribution in [0.1, 0.15) is 16.8 Å². The largest absolute Gasteiger partial charge is 0.370 e. The zero-order valence-corrected chi connectivity index (χ0v) is 21.1. The summed E-state index contributed by atoms with van der Waals surface area (Å²) >= 11 is 6.28. The molecular formula is C26H26ClFN8O. The highest BCUT2D eigenvalue weighted by atomic mass is 35.5. The summed E-state index contributed by atoms with van der Waals surface area (Å²) in [4.78, 5) is 34.7. The van der Waals surface area contributed by atoms with Gasteiger partial charge >= 0.3 is 0 Å². The van der Waals surface area contributed by atoms with E-state index in [0.29, 0.717) is 30.8 Å². The van der Waals surface area contributed by atoms with Gasteiger partial charge in [-0.1, -0.05) is 17.7 Å². The van der Waals surface area contributed by atoms with Crippen molar-refractivity contribution in [2.24, 2.45) is 4.99 Å². The number of nitrogens with zero attached hydrogens (tertiary/aromatic N) is 7. The van der Waals surface area contributed by atoms with Crippen molar-refractivity contribution in [1.82, 2.24) is 14.9 Å². The summed E-state index contributed by atoms with van der Waals surface area (Å²) in [6.07, 6.45) is 2.60. The van der Waals surface area contributed by atoms with Crippen molar-refractivity contribution < 1.29 is 9.18 Å². The molecule has 0 spiro atoms. The van der Waals surface area contributed by atoms with E-state index in [0.717, 1.165) is 38.3 Å². The first-order valence-corrected chi connectivity index (χ1v) is 12.7. The number of carbonyl (C=O) groups is 1. The van der Waals surface area contributed by atoms with Gasteiger partial charge in [0.15, 0.2) is 5.82 Å². The van der Waals surface area contributed by atoms with Gasteiger partial charge in [0.1, 0.15) is 17.1 Å². The van der Waals surface area contributed by atoms with Crippen LogP contribution >= 0.6 is 11.6 Å². The summed E-state index contributed by atoms with van der Waals surface area (Å²) in [6.45, 7) is 5.15. The molecule has 2 aromatic carbocycles. The minimum absolute atomic E-state index is 0.0242. The second-order valence-corrected chi connectivity index (χ2v) is 9.70. The summed E-state index contributed by atoms with van der Waals surface area (Å²) in [7, 11) is 2.16. The second-order valence-electron chi connectivity index (χ2n) is 9.29. The topological polar surface area (TPSA) is 80.2 Å². The van der Waals surface area contributed by atoms with Gasteiger partial charge in [-0.3, -0.25) is 14.7 Å². The van der Waals surface area contributed by atoms with Gasteiger partial charge in [0, 0.05) is 43.8 Å². The maximum atomic E-state index is 14.7. The van der Waals surface area contributed by atoms with E-state index in [1.165, 1.54) is 28.9 Å². The van der Waals surface area contributed by atoms with Crippen LogP contribution < -0.4 is 20.0 Å². The fraction of sp³-hybridized carbons (Fsp3) is 0.308. The first-order chi connectivity index (χ1) is 18.0. The molecule has 1 saturated heterocycles. The van der Waals surface area contributed by atoms with Crippen LogP contribution in [0, 0.1) is 5.82 Å². The van der Waals surface area contributed by atoms with E-state index in [4.69, 9.17) is 11.6 Å². The maximum absolute atomic E-state index is 14.7. The number of hydrogen-bond donors (Lipinski definition) is 1. The quantitative estimate of drug-likeness (QED) is 0.557. The van der Waals surface area contributed by atoms with E-state index in [1.807, 2.05) is 12.1 Å². The third-order valence-corrected chi connectivity index (χ3v) is 7.15. The van der Waals surface area contributed by atoms with Crippen molar-refractivity contribution in [2.45, 2.75) is 6.42 Å².